The minimum atomic E-state index is 0.843. The van der Waals surface area contributed by atoms with Gasteiger partial charge in [-0.25, -0.2) is 4.98 Å². The third-order valence-electron chi connectivity index (χ3n) is 4.01. The van der Waals surface area contributed by atoms with Gasteiger partial charge in [0.1, 0.15) is 5.82 Å². The van der Waals surface area contributed by atoms with Gasteiger partial charge in [-0.2, -0.15) is 0 Å². The van der Waals surface area contributed by atoms with Crippen LogP contribution in [0.3, 0.4) is 0 Å². The number of rotatable bonds is 5. The molecule has 118 valence electrons. The zero-order valence-electron chi connectivity index (χ0n) is 13.3. The molecule has 2 heterocycles. The standard InChI is InChI=1S/C17H25N5/c1-2-18-17(22-12-5-6-13-22)19-11-7-10-16-20-14-8-3-4-9-15(14)21-16/h3-4,8-9H,2,5-7,10-13H2,1H3,(H,18,19)(H,20,21). The maximum atomic E-state index is 4.75. The molecular formula is C17H25N5. The first-order valence-corrected chi connectivity index (χ1v) is 8.33. The molecule has 0 bridgehead atoms. The Balaban J connectivity index is 1.53. The number of aromatic amines is 1. The predicted molar refractivity (Wildman–Crippen MR) is 91.2 cm³/mol. The van der Waals surface area contributed by atoms with Crippen LogP contribution < -0.4 is 5.32 Å². The summed E-state index contributed by atoms with van der Waals surface area (Å²) in [6.07, 6.45) is 4.52. The molecule has 1 aromatic heterocycles. The van der Waals surface area contributed by atoms with Gasteiger partial charge in [-0.1, -0.05) is 12.1 Å². The summed E-state index contributed by atoms with van der Waals surface area (Å²) in [5, 5.41) is 3.40. The van der Waals surface area contributed by atoms with Gasteiger partial charge in [-0.05, 0) is 38.3 Å². The van der Waals surface area contributed by atoms with E-state index < -0.39 is 0 Å². The highest BCUT2D eigenvalue weighted by Crippen LogP contribution is 2.11. The Labute approximate surface area is 131 Å². The van der Waals surface area contributed by atoms with E-state index in [1.54, 1.807) is 0 Å². The van der Waals surface area contributed by atoms with Gasteiger partial charge in [0.15, 0.2) is 5.96 Å². The molecule has 3 rings (SSSR count). The van der Waals surface area contributed by atoms with Crippen LogP contribution in [0.15, 0.2) is 29.3 Å². The van der Waals surface area contributed by atoms with E-state index >= 15 is 0 Å². The quantitative estimate of drug-likeness (QED) is 0.507. The smallest absolute Gasteiger partial charge is 0.193 e. The average molecular weight is 299 g/mol. The second-order valence-corrected chi connectivity index (χ2v) is 5.73. The van der Waals surface area contributed by atoms with Gasteiger partial charge in [0, 0.05) is 32.6 Å². The van der Waals surface area contributed by atoms with Crippen molar-refractivity contribution in [2.75, 3.05) is 26.2 Å². The van der Waals surface area contributed by atoms with E-state index in [9.17, 15) is 0 Å². The van der Waals surface area contributed by atoms with Crippen LogP contribution in [-0.2, 0) is 6.42 Å². The Morgan fingerprint density at radius 2 is 2.14 bits per heavy atom. The number of H-pyrrole nitrogens is 1. The lowest BCUT2D eigenvalue weighted by Crippen LogP contribution is -2.39. The fourth-order valence-corrected chi connectivity index (χ4v) is 2.91. The molecule has 1 aromatic carbocycles. The van der Waals surface area contributed by atoms with Gasteiger partial charge in [-0.15, -0.1) is 0 Å². The number of aryl methyl sites for hydroxylation is 1. The minimum Gasteiger partial charge on any atom is -0.357 e. The van der Waals surface area contributed by atoms with Crippen molar-refractivity contribution in [2.24, 2.45) is 4.99 Å². The summed E-state index contributed by atoms with van der Waals surface area (Å²) in [4.78, 5) is 15.1. The Morgan fingerprint density at radius 1 is 1.32 bits per heavy atom. The van der Waals surface area contributed by atoms with Crippen molar-refractivity contribution < 1.29 is 0 Å². The molecule has 0 aliphatic carbocycles. The Kier molecular flexibility index (Phi) is 4.93. The molecule has 1 saturated heterocycles. The van der Waals surface area contributed by atoms with E-state index in [0.29, 0.717) is 0 Å². The monoisotopic (exact) mass is 299 g/mol. The summed E-state index contributed by atoms with van der Waals surface area (Å²) < 4.78 is 0. The van der Waals surface area contributed by atoms with Crippen molar-refractivity contribution in [1.29, 1.82) is 0 Å². The lowest BCUT2D eigenvalue weighted by atomic mass is 10.3. The van der Waals surface area contributed by atoms with Crippen LogP contribution in [0, 0.1) is 0 Å². The van der Waals surface area contributed by atoms with Gasteiger partial charge in [0.05, 0.1) is 11.0 Å². The van der Waals surface area contributed by atoms with E-state index in [2.05, 4.69) is 33.2 Å². The average Bonchev–Trinajstić information content (AvgIpc) is 3.19. The maximum absolute atomic E-state index is 4.75. The number of fused-ring (bicyclic) bond motifs is 1. The number of imidazole rings is 1. The molecule has 22 heavy (non-hydrogen) atoms. The van der Waals surface area contributed by atoms with Crippen LogP contribution in [0.2, 0.25) is 0 Å². The lowest BCUT2D eigenvalue weighted by Gasteiger charge is -2.20. The van der Waals surface area contributed by atoms with Crippen molar-refractivity contribution >= 4 is 17.0 Å². The topological polar surface area (TPSA) is 56.3 Å². The van der Waals surface area contributed by atoms with E-state index in [1.165, 1.54) is 12.8 Å². The Hall–Kier alpha value is -2.04. The highest BCUT2D eigenvalue weighted by molar-refractivity contribution is 5.80. The molecule has 2 N–H and O–H groups in total. The van der Waals surface area contributed by atoms with Gasteiger partial charge in [0.25, 0.3) is 0 Å². The van der Waals surface area contributed by atoms with Crippen molar-refractivity contribution in [3.05, 3.63) is 30.1 Å². The van der Waals surface area contributed by atoms with Crippen LogP contribution in [0.5, 0.6) is 0 Å². The van der Waals surface area contributed by atoms with E-state index in [1.807, 2.05) is 18.2 Å². The van der Waals surface area contributed by atoms with Gasteiger partial charge >= 0.3 is 0 Å². The summed E-state index contributed by atoms with van der Waals surface area (Å²) in [7, 11) is 0. The third-order valence-corrected chi connectivity index (χ3v) is 4.01. The van der Waals surface area contributed by atoms with Crippen molar-refractivity contribution in [3.63, 3.8) is 0 Å². The van der Waals surface area contributed by atoms with E-state index in [0.717, 1.165) is 61.8 Å². The first kappa shape index (κ1) is 14.9. The van der Waals surface area contributed by atoms with Crippen LogP contribution in [0.1, 0.15) is 32.0 Å². The number of likely N-dealkylation sites (tertiary alicyclic amines) is 1. The SMILES string of the molecule is CCNC(=NCCCc1nc2ccccc2[nH]1)N1CCCC1. The molecular weight excluding hydrogens is 274 g/mol. The van der Waals surface area contributed by atoms with Crippen LogP contribution >= 0.6 is 0 Å². The van der Waals surface area contributed by atoms with Crippen molar-refractivity contribution in [1.82, 2.24) is 20.2 Å². The molecule has 5 nitrogen and oxygen atoms in total. The summed E-state index contributed by atoms with van der Waals surface area (Å²) in [6.45, 7) is 6.17. The van der Waals surface area contributed by atoms with Crippen molar-refractivity contribution in [3.8, 4) is 0 Å². The molecule has 0 radical (unpaired) electrons. The highest BCUT2D eigenvalue weighted by Gasteiger charge is 2.15. The first-order chi connectivity index (χ1) is 10.9. The van der Waals surface area contributed by atoms with E-state index in [4.69, 9.17) is 4.99 Å². The van der Waals surface area contributed by atoms with Crippen molar-refractivity contribution in [2.45, 2.75) is 32.6 Å². The van der Waals surface area contributed by atoms with Gasteiger partial charge in [-0.3, -0.25) is 4.99 Å². The molecule has 0 spiro atoms. The zero-order chi connectivity index (χ0) is 15.2. The van der Waals surface area contributed by atoms with Gasteiger partial charge in [0.2, 0.25) is 0 Å². The summed E-state index contributed by atoms with van der Waals surface area (Å²) in [6, 6.07) is 8.17. The summed E-state index contributed by atoms with van der Waals surface area (Å²) in [5.74, 6) is 2.13. The second-order valence-electron chi connectivity index (χ2n) is 5.73. The zero-order valence-corrected chi connectivity index (χ0v) is 13.3. The third kappa shape index (κ3) is 3.59. The molecule has 0 amide bonds. The molecule has 1 fully saturated rings. The fourth-order valence-electron chi connectivity index (χ4n) is 2.91. The molecule has 0 saturated carbocycles. The van der Waals surface area contributed by atoms with Crippen LogP contribution in [0.4, 0.5) is 0 Å². The lowest BCUT2D eigenvalue weighted by molar-refractivity contribution is 0.493. The predicted octanol–water partition coefficient (Wildman–Crippen LogP) is 2.56. The number of aromatic nitrogens is 2. The molecule has 5 heteroatoms. The Bertz CT molecular complexity index is 592. The van der Waals surface area contributed by atoms with Crippen LogP contribution in [-0.4, -0.2) is 47.0 Å². The largest absolute Gasteiger partial charge is 0.357 e. The molecule has 1 aliphatic heterocycles. The summed E-state index contributed by atoms with van der Waals surface area (Å²) >= 11 is 0. The molecule has 0 atom stereocenters. The van der Waals surface area contributed by atoms with E-state index in [-0.39, 0.29) is 0 Å². The number of nitrogens with zero attached hydrogens (tertiary/aromatic N) is 3. The maximum Gasteiger partial charge on any atom is 0.193 e. The summed E-state index contributed by atoms with van der Waals surface area (Å²) in [5.41, 5.74) is 2.16. The second kappa shape index (κ2) is 7.29. The highest BCUT2D eigenvalue weighted by atomic mass is 15.3. The number of benzene rings is 1. The van der Waals surface area contributed by atoms with Crippen LogP contribution in [0.25, 0.3) is 11.0 Å². The number of para-hydroxylation sites is 2. The number of hydrogen-bond acceptors (Lipinski definition) is 2. The number of nitrogens with one attached hydrogen (secondary N) is 2. The fraction of sp³-hybridized carbons (Fsp3) is 0.529. The van der Waals surface area contributed by atoms with Gasteiger partial charge < -0.3 is 15.2 Å². The molecule has 0 unspecified atom stereocenters. The minimum absolute atomic E-state index is 0.843. The normalized spacial score (nSPS) is 15.7. The molecule has 2 aromatic rings. The first-order valence-electron chi connectivity index (χ1n) is 8.33. The molecule has 1 aliphatic rings. The number of aliphatic imine (C=N–C) groups is 1. The Morgan fingerprint density at radius 3 is 2.91 bits per heavy atom. The number of guanidine groups is 1. The number of hydrogen-bond donors (Lipinski definition) is 2.